The van der Waals surface area contributed by atoms with E-state index < -0.39 is 23.8 Å². The van der Waals surface area contributed by atoms with Gasteiger partial charge in [0.15, 0.2) is 0 Å². The number of ether oxygens (including phenoxy) is 2. The second kappa shape index (κ2) is 3.98. The van der Waals surface area contributed by atoms with E-state index in [-0.39, 0.29) is 18.2 Å². The summed E-state index contributed by atoms with van der Waals surface area (Å²) in [4.78, 5) is 23.7. The molecule has 0 amide bonds. The molecule has 0 saturated carbocycles. The number of rotatable bonds is 1. The topological polar surface area (TPSA) is 52.6 Å². The largest absolute Gasteiger partial charge is 0.469 e. The predicted octanol–water partition coefficient (Wildman–Crippen LogP) is 1.51. The zero-order valence-electron chi connectivity index (χ0n) is 10.8. The lowest BCUT2D eigenvalue weighted by Crippen LogP contribution is -2.27. The summed E-state index contributed by atoms with van der Waals surface area (Å²) in [5, 5.41) is 0. The van der Waals surface area contributed by atoms with Crippen molar-refractivity contribution in [2.75, 3.05) is 13.7 Å². The summed E-state index contributed by atoms with van der Waals surface area (Å²) in [6.07, 6.45) is 0. The summed E-state index contributed by atoms with van der Waals surface area (Å²) in [5.74, 6) is -1.89. The second-order valence-corrected chi connectivity index (χ2v) is 4.33. The van der Waals surface area contributed by atoms with Crippen molar-refractivity contribution >= 4 is 18.0 Å². The van der Waals surface area contributed by atoms with Crippen LogP contribution in [0.2, 0.25) is 0 Å². The minimum Gasteiger partial charge on any atom is -0.469 e. The van der Waals surface area contributed by atoms with Crippen molar-refractivity contribution in [2.24, 2.45) is 5.92 Å². The molecule has 1 aromatic rings. The Morgan fingerprint density at radius 3 is 3.06 bits per heavy atom. The van der Waals surface area contributed by atoms with Gasteiger partial charge in [0.1, 0.15) is 0 Å². The summed E-state index contributed by atoms with van der Waals surface area (Å²) >= 11 is 0. The van der Waals surface area contributed by atoms with Crippen LogP contribution < -0.4 is 0 Å². The maximum absolute atomic E-state index is 12.0. The molecule has 1 heterocycles. The standard InChI is InChI=1S/C14H12O4/c1-17-14(16)12-9-5-3-2-4-8(9)6-10-11(12)7-18-13(10)15/h2-6,11-12H,7H2,1H3/t11-,12-/m0/s1/i6D. The van der Waals surface area contributed by atoms with Crippen molar-refractivity contribution in [3.05, 3.63) is 41.0 Å². The molecule has 92 valence electrons. The number of esters is 2. The average molecular weight is 245 g/mol. The van der Waals surface area contributed by atoms with E-state index in [0.29, 0.717) is 5.56 Å². The number of cyclic esters (lactones) is 1. The van der Waals surface area contributed by atoms with E-state index in [0.717, 1.165) is 5.56 Å². The number of benzene rings is 1. The molecule has 1 aliphatic carbocycles. The molecular formula is C14H12O4. The molecule has 0 bridgehead atoms. The van der Waals surface area contributed by atoms with Crippen molar-refractivity contribution in [1.29, 1.82) is 0 Å². The lowest BCUT2D eigenvalue weighted by atomic mass is 9.76. The third kappa shape index (κ3) is 1.45. The molecule has 4 heteroatoms. The zero-order chi connectivity index (χ0) is 13.6. The number of carbonyl (C=O) groups is 2. The SMILES string of the molecule is [2H]C1=C2C(=O)OC[C@@H]2[C@@H](C(=O)OC)c2ccccc21. The molecule has 1 saturated heterocycles. The van der Waals surface area contributed by atoms with Gasteiger partial charge in [-0.25, -0.2) is 4.79 Å². The molecule has 3 rings (SSSR count). The summed E-state index contributed by atoms with van der Waals surface area (Å²) in [6, 6.07) is 7.28. The summed E-state index contributed by atoms with van der Waals surface area (Å²) in [5.41, 5.74) is 1.61. The summed E-state index contributed by atoms with van der Waals surface area (Å²) in [6.45, 7) is 0.130. The Morgan fingerprint density at radius 2 is 2.28 bits per heavy atom. The molecule has 0 aromatic heterocycles. The van der Waals surface area contributed by atoms with Gasteiger partial charge in [-0.15, -0.1) is 0 Å². The van der Waals surface area contributed by atoms with Gasteiger partial charge in [0.25, 0.3) is 0 Å². The van der Waals surface area contributed by atoms with Crippen LogP contribution >= 0.6 is 0 Å². The van der Waals surface area contributed by atoms with Gasteiger partial charge >= 0.3 is 11.9 Å². The highest BCUT2D eigenvalue weighted by Gasteiger charge is 2.44. The van der Waals surface area contributed by atoms with Gasteiger partial charge in [-0.2, -0.15) is 0 Å². The fourth-order valence-corrected chi connectivity index (χ4v) is 2.55. The summed E-state index contributed by atoms with van der Waals surface area (Å²) < 4.78 is 18.0. The fourth-order valence-electron chi connectivity index (χ4n) is 2.55. The van der Waals surface area contributed by atoms with Crippen LogP contribution in [0.25, 0.3) is 6.05 Å². The van der Waals surface area contributed by atoms with E-state index in [1.165, 1.54) is 7.11 Å². The van der Waals surface area contributed by atoms with E-state index in [1.54, 1.807) is 18.2 Å². The van der Waals surface area contributed by atoms with E-state index >= 15 is 0 Å². The molecule has 2 atom stereocenters. The van der Waals surface area contributed by atoms with Crippen LogP contribution in [0.1, 0.15) is 18.4 Å². The maximum atomic E-state index is 12.0. The van der Waals surface area contributed by atoms with Crippen LogP contribution in [0.15, 0.2) is 29.8 Å². The van der Waals surface area contributed by atoms with Crippen molar-refractivity contribution in [1.82, 2.24) is 0 Å². The van der Waals surface area contributed by atoms with Crippen molar-refractivity contribution in [3.8, 4) is 0 Å². The minimum absolute atomic E-state index is 0.130. The van der Waals surface area contributed by atoms with E-state index in [1.807, 2.05) is 6.07 Å². The maximum Gasteiger partial charge on any atom is 0.334 e. The lowest BCUT2D eigenvalue weighted by molar-refractivity contribution is -0.144. The van der Waals surface area contributed by atoms with Gasteiger partial charge in [0.05, 0.1) is 21.0 Å². The van der Waals surface area contributed by atoms with Crippen molar-refractivity contribution in [2.45, 2.75) is 5.92 Å². The molecule has 2 aliphatic rings. The Morgan fingerprint density at radius 1 is 1.50 bits per heavy atom. The van der Waals surface area contributed by atoms with Gasteiger partial charge in [0, 0.05) is 11.5 Å². The normalized spacial score (nSPS) is 26.1. The van der Waals surface area contributed by atoms with Gasteiger partial charge in [0.2, 0.25) is 0 Å². The number of hydrogen-bond acceptors (Lipinski definition) is 4. The highest BCUT2D eigenvalue weighted by Crippen LogP contribution is 2.42. The van der Waals surface area contributed by atoms with Crippen LogP contribution in [-0.2, 0) is 19.1 Å². The van der Waals surface area contributed by atoms with E-state index in [2.05, 4.69) is 0 Å². The average Bonchev–Trinajstić information content (AvgIpc) is 2.81. The molecule has 1 aromatic carbocycles. The van der Waals surface area contributed by atoms with Gasteiger partial charge in [-0.1, -0.05) is 24.3 Å². The second-order valence-electron chi connectivity index (χ2n) is 4.33. The summed E-state index contributed by atoms with van der Waals surface area (Å²) in [7, 11) is 1.32. The van der Waals surface area contributed by atoms with Crippen molar-refractivity contribution < 1.29 is 20.4 Å². The molecule has 1 fully saturated rings. The van der Waals surface area contributed by atoms with Crippen LogP contribution in [0.3, 0.4) is 0 Å². The first-order valence-electron chi connectivity index (χ1n) is 6.20. The van der Waals surface area contributed by atoms with Gasteiger partial charge in [-0.05, 0) is 17.2 Å². The molecule has 0 N–H and O–H groups in total. The Balaban J connectivity index is 2.24. The Labute approximate surface area is 106 Å². The van der Waals surface area contributed by atoms with Gasteiger partial charge < -0.3 is 9.47 Å². The first-order valence-corrected chi connectivity index (χ1v) is 5.70. The third-order valence-corrected chi connectivity index (χ3v) is 3.41. The smallest absolute Gasteiger partial charge is 0.334 e. The van der Waals surface area contributed by atoms with Crippen LogP contribution in [0, 0.1) is 5.92 Å². The molecular weight excluding hydrogens is 232 g/mol. The van der Waals surface area contributed by atoms with Crippen LogP contribution in [-0.4, -0.2) is 25.7 Å². The van der Waals surface area contributed by atoms with Crippen LogP contribution in [0.5, 0.6) is 0 Å². The van der Waals surface area contributed by atoms with E-state index in [4.69, 9.17) is 10.8 Å². The Hall–Kier alpha value is -2.10. The third-order valence-electron chi connectivity index (χ3n) is 3.41. The first-order chi connectivity index (χ1) is 9.15. The number of carbonyl (C=O) groups excluding carboxylic acids is 2. The zero-order valence-corrected chi connectivity index (χ0v) is 9.80. The predicted molar refractivity (Wildman–Crippen MR) is 63.6 cm³/mol. The molecule has 0 radical (unpaired) electrons. The molecule has 1 aliphatic heterocycles. The van der Waals surface area contributed by atoms with Gasteiger partial charge in [-0.3, -0.25) is 4.79 Å². The molecule has 0 spiro atoms. The lowest BCUT2D eigenvalue weighted by Gasteiger charge is -2.26. The molecule has 4 nitrogen and oxygen atoms in total. The van der Waals surface area contributed by atoms with E-state index in [9.17, 15) is 9.59 Å². The Bertz CT molecular complexity index is 605. The minimum atomic E-state index is -0.572. The van der Waals surface area contributed by atoms with Crippen molar-refractivity contribution in [3.63, 3.8) is 0 Å². The highest BCUT2D eigenvalue weighted by atomic mass is 16.5. The van der Waals surface area contributed by atoms with Crippen LogP contribution in [0.4, 0.5) is 0 Å². The monoisotopic (exact) mass is 245 g/mol. The molecule has 18 heavy (non-hydrogen) atoms. The number of fused-ring (bicyclic) bond motifs is 2. The number of methoxy groups -OCH3 is 1. The quantitative estimate of drug-likeness (QED) is 0.704. The highest BCUT2D eigenvalue weighted by molar-refractivity contribution is 6.00. The fraction of sp³-hybridized carbons (Fsp3) is 0.286. The Kier molecular flexibility index (Phi) is 2.18. The first kappa shape index (κ1) is 9.88. The molecule has 0 unspecified atom stereocenters. The number of hydrogen-bond donors (Lipinski definition) is 0.